The molecule has 1 unspecified atom stereocenters. The highest BCUT2D eigenvalue weighted by atomic mass is 16.1. The number of fused-ring (bicyclic) bond motifs is 1. The number of amides is 1. The van der Waals surface area contributed by atoms with Gasteiger partial charge in [-0.2, -0.15) is 5.10 Å². The second kappa shape index (κ2) is 4.78. The summed E-state index contributed by atoms with van der Waals surface area (Å²) in [5, 5.41) is 8.50. The topological polar surface area (TPSA) is 72.9 Å². The van der Waals surface area contributed by atoms with E-state index in [1.165, 1.54) is 0 Å². The fourth-order valence-electron chi connectivity index (χ4n) is 2.06. The number of primary amides is 1. The smallest absolute Gasteiger partial charge is 0.239 e. The molecule has 0 aliphatic carbocycles. The third-order valence-electron chi connectivity index (χ3n) is 3.13. The molecule has 0 fully saturated rings. The number of carbonyl (C=O) groups is 1. The van der Waals surface area contributed by atoms with Crippen molar-refractivity contribution in [3.05, 3.63) is 30.5 Å². The quantitative estimate of drug-likeness (QED) is 0.823. The monoisotopic (exact) mass is 246 g/mol. The first kappa shape index (κ1) is 12.6. The Kier molecular flexibility index (Phi) is 3.34. The van der Waals surface area contributed by atoms with Crippen LogP contribution in [0.2, 0.25) is 0 Å². The Balaban J connectivity index is 2.34. The number of nitrogens with two attached hydrogens (primary N) is 1. The van der Waals surface area contributed by atoms with E-state index < -0.39 is 5.54 Å². The van der Waals surface area contributed by atoms with Crippen LogP contribution in [-0.4, -0.2) is 27.8 Å². The molecule has 0 aliphatic rings. The molecule has 96 valence electrons. The van der Waals surface area contributed by atoms with Crippen molar-refractivity contribution in [1.29, 1.82) is 0 Å². The van der Waals surface area contributed by atoms with Crippen LogP contribution in [0.1, 0.15) is 13.8 Å². The van der Waals surface area contributed by atoms with E-state index in [2.05, 4.69) is 10.4 Å². The zero-order chi connectivity index (χ0) is 13.2. The number of carbonyl (C=O) groups excluding carboxylic acids is 1. The van der Waals surface area contributed by atoms with Gasteiger partial charge < -0.3 is 11.1 Å². The number of hydrogen-bond donors (Lipinski definition) is 2. The van der Waals surface area contributed by atoms with Crippen LogP contribution in [0, 0.1) is 0 Å². The number of nitrogens with one attached hydrogen (secondary N) is 1. The number of para-hydroxylation sites is 1. The van der Waals surface area contributed by atoms with E-state index in [9.17, 15) is 4.79 Å². The summed E-state index contributed by atoms with van der Waals surface area (Å²) in [6.45, 7) is 4.85. The van der Waals surface area contributed by atoms with E-state index in [0.29, 0.717) is 13.1 Å². The molecule has 1 heterocycles. The minimum absolute atomic E-state index is 0.371. The Morgan fingerprint density at radius 1 is 1.50 bits per heavy atom. The fourth-order valence-corrected chi connectivity index (χ4v) is 2.06. The van der Waals surface area contributed by atoms with Crippen LogP contribution in [0.25, 0.3) is 10.9 Å². The maximum atomic E-state index is 11.6. The number of nitrogens with zero attached hydrogens (tertiary/aromatic N) is 2. The Labute approximate surface area is 106 Å². The van der Waals surface area contributed by atoms with Gasteiger partial charge in [0.2, 0.25) is 5.91 Å². The lowest BCUT2D eigenvalue weighted by Gasteiger charge is -2.27. The van der Waals surface area contributed by atoms with Crippen molar-refractivity contribution >= 4 is 16.8 Å². The minimum Gasteiger partial charge on any atom is -0.368 e. The molecule has 2 rings (SSSR count). The first-order valence-electron chi connectivity index (χ1n) is 6.02. The second-order valence-electron chi connectivity index (χ2n) is 4.59. The predicted octanol–water partition coefficient (Wildman–Crippen LogP) is 0.890. The molecule has 2 aromatic rings. The summed E-state index contributed by atoms with van der Waals surface area (Å²) in [6.07, 6.45) is 1.79. The molecule has 1 atom stereocenters. The molecular formula is C13H18N4O. The molecule has 1 aromatic heterocycles. The van der Waals surface area contributed by atoms with Crippen LogP contribution in [0.5, 0.6) is 0 Å². The standard InChI is InChI=1S/C13H18N4O/c1-3-15-13(2,12(14)18)9-17-11-7-5-4-6-10(11)8-16-17/h4-8,15H,3,9H2,1-2H3,(H2,14,18). The normalized spacial score (nSPS) is 14.6. The highest BCUT2D eigenvalue weighted by Gasteiger charge is 2.31. The molecule has 3 N–H and O–H groups in total. The summed E-state index contributed by atoms with van der Waals surface area (Å²) in [4.78, 5) is 11.6. The first-order chi connectivity index (χ1) is 8.57. The highest BCUT2D eigenvalue weighted by molar-refractivity contribution is 5.84. The summed E-state index contributed by atoms with van der Waals surface area (Å²) < 4.78 is 1.81. The molecule has 0 aliphatic heterocycles. The van der Waals surface area contributed by atoms with Gasteiger partial charge in [0.05, 0.1) is 18.3 Å². The molecule has 0 saturated heterocycles. The molecule has 18 heavy (non-hydrogen) atoms. The van der Waals surface area contributed by atoms with Crippen LogP contribution in [-0.2, 0) is 11.3 Å². The maximum Gasteiger partial charge on any atom is 0.239 e. The summed E-state index contributed by atoms with van der Waals surface area (Å²) in [5.74, 6) is -0.371. The van der Waals surface area contributed by atoms with Crippen molar-refractivity contribution in [2.45, 2.75) is 25.9 Å². The fraction of sp³-hybridized carbons (Fsp3) is 0.385. The van der Waals surface area contributed by atoms with Gasteiger partial charge in [0.25, 0.3) is 0 Å². The first-order valence-corrected chi connectivity index (χ1v) is 6.02. The zero-order valence-corrected chi connectivity index (χ0v) is 10.7. The predicted molar refractivity (Wildman–Crippen MR) is 71.0 cm³/mol. The van der Waals surface area contributed by atoms with Crippen LogP contribution in [0.3, 0.4) is 0 Å². The molecule has 0 bridgehead atoms. The number of benzene rings is 1. The number of aromatic nitrogens is 2. The van der Waals surface area contributed by atoms with Gasteiger partial charge in [0, 0.05) is 5.39 Å². The molecule has 1 aromatic carbocycles. The molecule has 1 amide bonds. The van der Waals surface area contributed by atoms with Gasteiger partial charge >= 0.3 is 0 Å². The van der Waals surface area contributed by atoms with Crippen molar-refractivity contribution < 1.29 is 4.79 Å². The van der Waals surface area contributed by atoms with Crippen LogP contribution in [0.15, 0.2) is 30.5 Å². The van der Waals surface area contributed by atoms with E-state index in [0.717, 1.165) is 10.9 Å². The molecule has 5 nitrogen and oxygen atoms in total. The Morgan fingerprint density at radius 3 is 2.89 bits per heavy atom. The van der Waals surface area contributed by atoms with Crippen molar-refractivity contribution in [3.8, 4) is 0 Å². The Morgan fingerprint density at radius 2 is 2.22 bits per heavy atom. The van der Waals surface area contributed by atoms with Crippen LogP contribution in [0.4, 0.5) is 0 Å². The summed E-state index contributed by atoms with van der Waals surface area (Å²) >= 11 is 0. The van der Waals surface area contributed by atoms with Crippen LogP contribution >= 0.6 is 0 Å². The van der Waals surface area contributed by atoms with E-state index in [1.807, 2.05) is 35.9 Å². The third-order valence-corrected chi connectivity index (χ3v) is 3.13. The molecular weight excluding hydrogens is 228 g/mol. The molecule has 5 heteroatoms. The number of hydrogen-bond acceptors (Lipinski definition) is 3. The van der Waals surface area contributed by atoms with Gasteiger partial charge in [0.1, 0.15) is 5.54 Å². The maximum absolute atomic E-state index is 11.6. The van der Waals surface area contributed by atoms with Crippen molar-refractivity contribution in [2.75, 3.05) is 6.54 Å². The van der Waals surface area contributed by atoms with E-state index in [4.69, 9.17) is 5.73 Å². The lowest BCUT2D eigenvalue weighted by atomic mass is 10.0. The van der Waals surface area contributed by atoms with Gasteiger partial charge in [-0.05, 0) is 19.5 Å². The van der Waals surface area contributed by atoms with E-state index in [1.54, 1.807) is 13.1 Å². The number of likely N-dealkylation sites (N-methyl/N-ethyl adjacent to an activating group) is 1. The third kappa shape index (κ3) is 2.22. The van der Waals surface area contributed by atoms with Gasteiger partial charge in [-0.25, -0.2) is 0 Å². The molecule has 0 saturated carbocycles. The summed E-state index contributed by atoms with van der Waals surface area (Å²) in [7, 11) is 0. The highest BCUT2D eigenvalue weighted by Crippen LogP contribution is 2.16. The van der Waals surface area contributed by atoms with Gasteiger partial charge in [-0.15, -0.1) is 0 Å². The largest absolute Gasteiger partial charge is 0.368 e. The molecule has 0 spiro atoms. The van der Waals surface area contributed by atoms with Gasteiger partial charge in [-0.3, -0.25) is 9.48 Å². The molecule has 0 radical (unpaired) electrons. The summed E-state index contributed by atoms with van der Waals surface area (Å²) in [5.41, 5.74) is 5.69. The second-order valence-corrected chi connectivity index (χ2v) is 4.59. The lowest BCUT2D eigenvalue weighted by molar-refractivity contribution is -0.124. The van der Waals surface area contributed by atoms with Crippen molar-refractivity contribution in [1.82, 2.24) is 15.1 Å². The van der Waals surface area contributed by atoms with Gasteiger partial charge in [-0.1, -0.05) is 25.1 Å². The average molecular weight is 246 g/mol. The number of rotatable bonds is 5. The van der Waals surface area contributed by atoms with E-state index >= 15 is 0 Å². The zero-order valence-electron chi connectivity index (χ0n) is 10.7. The van der Waals surface area contributed by atoms with Crippen LogP contribution < -0.4 is 11.1 Å². The minimum atomic E-state index is -0.788. The SMILES string of the molecule is CCNC(C)(Cn1ncc2ccccc21)C(N)=O. The lowest BCUT2D eigenvalue weighted by Crippen LogP contribution is -2.55. The average Bonchev–Trinajstić information content (AvgIpc) is 2.73. The van der Waals surface area contributed by atoms with Gasteiger partial charge in [0.15, 0.2) is 0 Å². The Hall–Kier alpha value is -1.88. The van der Waals surface area contributed by atoms with Crippen molar-refractivity contribution in [2.24, 2.45) is 5.73 Å². The summed E-state index contributed by atoms with van der Waals surface area (Å²) in [6, 6.07) is 7.89. The Bertz CT molecular complexity index is 563. The van der Waals surface area contributed by atoms with E-state index in [-0.39, 0.29) is 5.91 Å². The van der Waals surface area contributed by atoms with Crippen molar-refractivity contribution in [3.63, 3.8) is 0 Å².